The topological polar surface area (TPSA) is 50.7 Å². The first-order chi connectivity index (χ1) is 9.30. The summed E-state index contributed by atoms with van der Waals surface area (Å²) in [6.07, 6.45) is 4.90. The van der Waals surface area contributed by atoms with Gasteiger partial charge in [-0.15, -0.1) is 0 Å². The third-order valence-electron chi connectivity index (χ3n) is 3.78. The van der Waals surface area contributed by atoms with E-state index in [1.54, 1.807) is 14.2 Å². The molecule has 0 saturated heterocycles. The van der Waals surface area contributed by atoms with Gasteiger partial charge in [0.25, 0.3) is 0 Å². The second kappa shape index (κ2) is 6.78. The maximum atomic E-state index is 9.66. The Bertz CT molecular complexity index is 402. The fourth-order valence-corrected chi connectivity index (χ4v) is 2.80. The monoisotopic (exact) mass is 265 g/mol. The van der Waals surface area contributed by atoms with Gasteiger partial charge in [0.15, 0.2) is 11.5 Å². The van der Waals surface area contributed by atoms with E-state index in [2.05, 4.69) is 5.32 Å². The van der Waals surface area contributed by atoms with Crippen molar-refractivity contribution >= 4 is 0 Å². The molecule has 0 amide bonds. The van der Waals surface area contributed by atoms with Gasteiger partial charge in [-0.25, -0.2) is 0 Å². The van der Waals surface area contributed by atoms with Crippen LogP contribution in [0.3, 0.4) is 0 Å². The molecule has 0 bridgehead atoms. The van der Waals surface area contributed by atoms with Gasteiger partial charge in [0, 0.05) is 11.6 Å². The maximum Gasteiger partial charge on any atom is 0.165 e. The summed E-state index contributed by atoms with van der Waals surface area (Å²) in [6.45, 7) is 0.0556. The van der Waals surface area contributed by atoms with Gasteiger partial charge in [-0.3, -0.25) is 0 Å². The van der Waals surface area contributed by atoms with E-state index < -0.39 is 0 Å². The molecule has 1 saturated carbocycles. The van der Waals surface area contributed by atoms with Crippen LogP contribution in [-0.4, -0.2) is 32.0 Å². The normalized spacial score (nSPS) is 17.4. The highest BCUT2D eigenvalue weighted by Gasteiger charge is 2.23. The van der Waals surface area contributed by atoms with E-state index in [9.17, 15) is 5.11 Å². The summed E-state index contributed by atoms with van der Waals surface area (Å²) >= 11 is 0. The molecule has 4 heteroatoms. The van der Waals surface area contributed by atoms with E-state index in [1.807, 2.05) is 18.2 Å². The number of aliphatic hydroxyl groups is 1. The van der Waals surface area contributed by atoms with Crippen molar-refractivity contribution in [2.75, 3.05) is 20.8 Å². The van der Waals surface area contributed by atoms with Crippen LogP contribution in [0.1, 0.15) is 37.3 Å². The molecular weight excluding hydrogens is 242 g/mol. The summed E-state index contributed by atoms with van der Waals surface area (Å²) in [6, 6.07) is 6.16. The molecule has 0 heterocycles. The van der Waals surface area contributed by atoms with Gasteiger partial charge >= 0.3 is 0 Å². The molecule has 19 heavy (non-hydrogen) atoms. The molecule has 1 aliphatic carbocycles. The highest BCUT2D eigenvalue weighted by Crippen LogP contribution is 2.35. The minimum Gasteiger partial charge on any atom is -0.493 e. The van der Waals surface area contributed by atoms with Crippen LogP contribution in [0, 0.1) is 0 Å². The quantitative estimate of drug-likeness (QED) is 0.828. The lowest BCUT2D eigenvalue weighted by Gasteiger charge is -2.24. The van der Waals surface area contributed by atoms with Crippen molar-refractivity contribution in [2.24, 2.45) is 0 Å². The summed E-state index contributed by atoms with van der Waals surface area (Å²) in [7, 11) is 3.26. The molecular formula is C15H23NO3. The second-order valence-electron chi connectivity index (χ2n) is 4.97. The minimum absolute atomic E-state index is 0.0556. The second-order valence-corrected chi connectivity index (χ2v) is 4.97. The number of nitrogens with one attached hydrogen (secondary N) is 1. The molecule has 106 valence electrons. The molecule has 0 aliphatic heterocycles. The fourth-order valence-electron chi connectivity index (χ4n) is 2.80. The van der Waals surface area contributed by atoms with Crippen LogP contribution in [-0.2, 0) is 0 Å². The Morgan fingerprint density at radius 1 is 1.26 bits per heavy atom. The lowest BCUT2D eigenvalue weighted by molar-refractivity contribution is 0.228. The smallest absolute Gasteiger partial charge is 0.165 e. The molecule has 0 aromatic heterocycles. The molecule has 0 spiro atoms. The predicted octanol–water partition coefficient (Wildman–Crippen LogP) is 2.27. The predicted molar refractivity (Wildman–Crippen MR) is 74.8 cm³/mol. The van der Waals surface area contributed by atoms with Gasteiger partial charge in [0.05, 0.1) is 26.9 Å². The summed E-state index contributed by atoms with van der Waals surface area (Å²) in [5.74, 6) is 1.40. The first kappa shape index (κ1) is 14.2. The van der Waals surface area contributed by atoms with Gasteiger partial charge in [-0.1, -0.05) is 25.0 Å². The Balaban J connectivity index is 2.21. The number of rotatable bonds is 6. The SMILES string of the molecule is COc1cccc(C(CO)NC2CCCC2)c1OC. The lowest BCUT2D eigenvalue weighted by atomic mass is 10.0. The first-order valence-electron chi connectivity index (χ1n) is 6.88. The zero-order valence-electron chi connectivity index (χ0n) is 11.7. The van der Waals surface area contributed by atoms with Crippen molar-refractivity contribution in [3.63, 3.8) is 0 Å². The van der Waals surface area contributed by atoms with Crippen LogP contribution >= 0.6 is 0 Å². The summed E-state index contributed by atoms with van der Waals surface area (Å²) in [4.78, 5) is 0. The zero-order chi connectivity index (χ0) is 13.7. The van der Waals surface area contributed by atoms with E-state index in [-0.39, 0.29) is 12.6 Å². The number of aliphatic hydroxyl groups excluding tert-OH is 1. The van der Waals surface area contributed by atoms with Crippen molar-refractivity contribution < 1.29 is 14.6 Å². The van der Waals surface area contributed by atoms with Crippen molar-refractivity contribution in [2.45, 2.75) is 37.8 Å². The van der Waals surface area contributed by atoms with Gasteiger partial charge in [0.2, 0.25) is 0 Å². The molecule has 0 radical (unpaired) electrons. The van der Waals surface area contributed by atoms with Gasteiger partial charge in [-0.2, -0.15) is 0 Å². The Morgan fingerprint density at radius 2 is 2.00 bits per heavy atom. The Labute approximate surface area is 114 Å². The van der Waals surface area contributed by atoms with E-state index in [0.29, 0.717) is 17.5 Å². The van der Waals surface area contributed by atoms with Gasteiger partial charge in [-0.05, 0) is 18.9 Å². The van der Waals surface area contributed by atoms with Crippen molar-refractivity contribution in [3.05, 3.63) is 23.8 Å². The Morgan fingerprint density at radius 3 is 2.58 bits per heavy atom. The standard InChI is InChI=1S/C15H23NO3/c1-18-14-9-5-8-12(15(14)19-2)13(10-17)16-11-6-3-4-7-11/h5,8-9,11,13,16-17H,3-4,6-7,10H2,1-2H3. The van der Waals surface area contributed by atoms with Crippen molar-refractivity contribution in [3.8, 4) is 11.5 Å². The average Bonchev–Trinajstić information content (AvgIpc) is 2.96. The van der Waals surface area contributed by atoms with E-state index >= 15 is 0 Å². The number of ether oxygens (including phenoxy) is 2. The average molecular weight is 265 g/mol. The Kier molecular flexibility index (Phi) is 5.05. The number of hydrogen-bond acceptors (Lipinski definition) is 4. The third-order valence-corrected chi connectivity index (χ3v) is 3.78. The maximum absolute atomic E-state index is 9.66. The fraction of sp³-hybridized carbons (Fsp3) is 0.600. The molecule has 1 aromatic rings. The van der Waals surface area contributed by atoms with Crippen molar-refractivity contribution in [1.82, 2.24) is 5.32 Å². The van der Waals surface area contributed by atoms with E-state index in [0.717, 1.165) is 5.56 Å². The summed E-state index contributed by atoms with van der Waals surface area (Å²) < 4.78 is 10.7. The number of benzene rings is 1. The molecule has 4 nitrogen and oxygen atoms in total. The molecule has 1 atom stereocenters. The molecule has 1 aliphatic rings. The molecule has 2 N–H and O–H groups in total. The molecule has 1 unspecified atom stereocenters. The van der Waals surface area contributed by atoms with Crippen LogP contribution < -0.4 is 14.8 Å². The van der Waals surface area contributed by atoms with Crippen LogP contribution in [0.25, 0.3) is 0 Å². The largest absolute Gasteiger partial charge is 0.493 e. The van der Waals surface area contributed by atoms with Crippen LogP contribution in [0.4, 0.5) is 0 Å². The van der Waals surface area contributed by atoms with Crippen LogP contribution in [0.2, 0.25) is 0 Å². The highest BCUT2D eigenvalue weighted by atomic mass is 16.5. The van der Waals surface area contributed by atoms with Gasteiger partial charge < -0.3 is 19.9 Å². The number of hydrogen-bond donors (Lipinski definition) is 2. The first-order valence-corrected chi connectivity index (χ1v) is 6.88. The van der Waals surface area contributed by atoms with E-state index in [4.69, 9.17) is 9.47 Å². The number of para-hydroxylation sites is 1. The van der Waals surface area contributed by atoms with Gasteiger partial charge in [0.1, 0.15) is 0 Å². The Hall–Kier alpha value is -1.26. The lowest BCUT2D eigenvalue weighted by Crippen LogP contribution is -2.33. The van der Waals surface area contributed by atoms with Crippen LogP contribution in [0.5, 0.6) is 11.5 Å². The third kappa shape index (κ3) is 3.19. The minimum atomic E-state index is -0.104. The molecule has 1 aromatic carbocycles. The number of methoxy groups -OCH3 is 2. The van der Waals surface area contributed by atoms with E-state index in [1.165, 1.54) is 25.7 Å². The highest BCUT2D eigenvalue weighted by molar-refractivity contribution is 5.48. The zero-order valence-corrected chi connectivity index (χ0v) is 11.7. The molecule has 1 fully saturated rings. The van der Waals surface area contributed by atoms with Crippen molar-refractivity contribution in [1.29, 1.82) is 0 Å². The summed E-state index contributed by atoms with van der Waals surface area (Å²) in [5, 5.41) is 13.2. The molecule has 2 rings (SSSR count). The van der Waals surface area contributed by atoms with Crippen LogP contribution in [0.15, 0.2) is 18.2 Å². The summed E-state index contributed by atoms with van der Waals surface area (Å²) in [5.41, 5.74) is 0.955.